The zero-order valence-electron chi connectivity index (χ0n) is 14.3. The van der Waals surface area contributed by atoms with Gasteiger partial charge in [0.1, 0.15) is 0 Å². The van der Waals surface area contributed by atoms with E-state index in [1.54, 1.807) is 6.92 Å². The lowest BCUT2D eigenvalue weighted by Gasteiger charge is -2.33. The van der Waals surface area contributed by atoms with Crippen LogP contribution in [0.25, 0.3) is 0 Å². The van der Waals surface area contributed by atoms with Crippen LogP contribution in [-0.4, -0.2) is 54.3 Å². The van der Waals surface area contributed by atoms with E-state index in [1.807, 2.05) is 23.1 Å². The molecule has 5 heteroatoms. The van der Waals surface area contributed by atoms with Gasteiger partial charge >= 0.3 is 0 Å². The SMILES string of the molecule is CC[C@@H](C)c1ccccc1NC(=O)CN1CCN(C(C)=O)CC1. The number of hydrogen-bond donors (Lipinski definition) is 1. The van der Waals surface area contributed by atoms with Gasteiger partial charge in [-0.1, -0.05) is 32.0 Å². The van der Waals surface area contributed by atoms with Gasteiger partial charge in [-0.2, -0.15) is 0 Å². The minimum absolute atomic E-state index is 0.0111. The zero-order chi connectivity index (χ0) is 16.8. The second-order valence-corrected chi connectivity index (χ2v) is 6.23. The first-order chi connectivity index (χ1) is 11.0. The van der Waals surface area contributed by atoms with E-state index < -0.39 is 0 Å². The van der Waals surface area contributed by atoms with Crippen LogP contribution < -0.4 is 5.32 Å². The van der Waals surface area contributed by atoms with Crippen molar-refractivity contribution in [2.75, 3.05) is 38.0 Å². The van der Waals surface area contributed by atoms with Gasteiger partial charge in [0.05, 0.1) is 6.54 Å². The predicted molar refractivity (Wildman–Crippen MR) is 92.5 cm³/mol. The van der Waals surface area contributed by atoms with Crippen molar-refractivity contribution in [1.29, 1.82) is 0 Å². The molecule has 1 atom stereocenters. The van der Waals surface area contributed by atoms with E-state index in [0.29, 0.717) is 25.6 Å². The van der Waals surface area contributed by atoms with Gasteiger partial charge in [0, 0.05) is 38.8 Å². The number of nitrogens with one attached hydrogen (secondary N) is 1. The van der Waals surface area contributed by atoms with Crippen molar-refractivity contribution < 1.29 is 9.59 Å². The number of amides is 2. The van der Waals surface area contributed by atoms with Gasteiger partial charge in [-0.25, -0.2) is 0 Å². The number of nitrogens with zero attached hydrogens (tertiary/aromatic N) is 2. The number of piperazine rings is 1. The largest absolute Gasteiger partial charge is 0.340 e. The Kier molecular flexibility index (Phi) is 6.16. The van der Waals surface area contributed by atoms with Gasteiger partial charge in [0.2, 0.25) is 11.8 Å². The molecule has 126 valence electrons. The third-order valence-corrected chi connectivity index (χ3v) is 4.56. The molecule has 0 aliphatic carbocycles. The van der Waals surface area contributed by atoms with E-state index in [2.05, 4.69) is 30.1 Å². The normalized spacial score (nSPS) is 16.9. The number of benzene rings is 1. The van der Waals surface area contributed by atoms with Gasteiger partial charge in [0.25, 0.3) is 0 Å². The van der Waals surface area contributed by atoms with Crippen molar-refractivity contribution in [1.82, 2.24) is 9.80 Å². The van der Waals surface area contributed by atoms with Crippen LogP contribution in [0.2, 0.25) is 0 Å². The molecule has 2 rings (SSSR count). The zero-order valence-corrected chi connectivity index (χ0v) is 14.3. The van der Waals surface area contributed by atoms with Crippen LogP contribution in [0.15, 0.2) is 24.3 Å². The number of para-hydroxylation sites is 1. The minimum atomic E-state index is 0.0111. The summed E-state index contributed by atoms with van der Waals surface area (Å²) in [5, 5.41) is 3.05. The Hall–Kier alpha value is -1.88. The third-order valence-electron chi connectivity index (χ3n) is 4.56. The molecule has 0 radical (unpaired) electrons. The maximum atomic E-state index is 12.3. The Morgan fingerprint density at radius 2 is 1.83 bits per heavy atom. The second kappa shape index (κ2) is 8.11. The summed E-state index contributed by atoms with van der Waals surface area (Å²) in [7, 11) is 0. The lowest BCUT2D eigenvalue weighted by atomic mass is 9.97. The molecule has 0 bridgehead atoms. The summed E-state index contributed by atoms with van der Waals surface area (Å²) >= 11 is 0. The van der Waals surface area contributed by atoms with Gasteiger partial charge in [-0.05, 0) is 24.0 Å². The smallest absolute Gasteiger partial charge is 0.238 e. The van der Waals surface area contributed by atoms with Crippen LogP contribution in [0.4, 0.5) is 5.69 Å². The summed E-state index contributed by atoms with van der Waals surface area (Å²) in [6.45, 7) is 9.19. The summed E-state index contributed by atoms with van der Waals surface area (Å²) < 4.78 is 0. The highest BCUT2D eigenvalue weighted by molar-refractivity contribution is 5.93. The van der Waals surface area contributed by atoms with Crippen LogP contribution in [0.1, 0.15) is 38.7 Å². The first-order valence-electron chi connectivity index (χ1n) is 8.38. The minimum Gasteiger partial charge on any atom is -0.340 e. The summed E-state index contributed by atoms with van der Waals surface area (Å²) in [5.41, 5.74) is 2.10. The molecule has 1 N–H and O–H groups in total. The monoisotopic (exact) mass is 317 g/mol. The molecule has 23 heavy (non-hydrogen) atoms. The van der Waals surface area contributed by atoms with Crippen molar-refractivity contribution in [2.45, 2.75) is 33.1 Å². The molecule has 1 aliphatic rings. The second-order valence-electron chi connectivity index (χ2n) is 6.23. The molecule has 1 fully saturated rings. The van der Waals surface area contributed by atoms with E-state index in [0.717, 1.165) is 25.2 Å². The van der Waals surface area contributed by atoms with Gasteiger partial charge < -0.3 is 10.2 Å². The fraction of sp³-hybridized carbons (Fsp3) is 0.556. The fourth-order valence-electron chi connectivity index (χ4n) is 2.87. The summed E-state index contributed by atoms with van der Waals surface area (Å²) in [6, 6.07) is 8.01. The van der Waals surface area contributed by atoms with Crippen molar-refractivity contribution in [3.05, 3.63) is 29.8 Å². The lowest BCUT2D eigenvalue weighted by molar-refractivity contribution is -0.130. The Morgan fingerprint density at radius 1 is 1.17 bits per heavy atom. The van der Waals surface area contributed by atoms with Crippen molar-refractivity contribution in [3.63, 3.8) is 0 Å². The molecule has 0 aromatic heterocycles. The Bertz CT molecular complexity index is 551. The quantitative estimate of drug-likeness (QED) is 0.906. The number of hydrogen-bond acceptors (Lipinski definition) is 3. The molecule has 0 saturated carbocycles. The average Bonchev–Trinajstić information content (AvgIpc) is 2.55. The standard InChI is InChI=1S/C18H27N3O2/c1-4-14(2)16-7-5-6-8-17(16)19-18(23)13-20-9-11-21(12-10-20)15(3)22/h5-8,14H,4,9-13H2,1-3H3,(H,19,23)/t14-/m1/s1. The number of carbonyl (C=O) groups excluding carboxylic acids is 2. The number of carbonyl (C=O) groups is 2. The molecule has 1 aromatic carbocycles. The maximum absolute atomic E-state index is 12.3. The van der Waals surface area contributed by atoms with Gasteiger partial charge in [-0.3, -0.25) is 14.5 Å². The van der Waals surface area contributed by atoms with Crippen molar-refractivity contribution in [2.24, 2.45) is 0 Å². The van der Waals surface area contributed by atoms with E-state index in [4.69, 9.17) is 0 Å². The molecular formula is C18H27N3O2. The first-order valence-corrected chi connectivity index (χ1v) is 8.38. The first kappa shape index (κ1) is 17.5. The lowest BCUT2D eigenvalue weighted by Crippen LogP contribution is -2.49. The maximum Gasteiger partial charge on any atom is 0.238 e. The molecule has 1 aliphatic heterocycles. The number of anilines is 1. The van der Waals surface area contributed by atoms with Crippen LogP contribution in [-0.2, 0) is 9.59 Å². The molecule has 0 unspecified atom stereocenters. The van der Waals surface area contributed by atoms with Gasteiger partial charge in [0.15, 0.2) is 0 Å². The molecule has 5 nitrogen and oxygen atoms in total. The van der Waals surface area contributed by atoms with Crippen LogP contribution in [0.3, 0.4) is 0 Å². The van der Waals surface area contributed by atoms with E-state index >= 15 is 0 Å². The number of rotatable bonds is 5. The fourth-order valence-corrected chi connectivity index (χ4v) is 2.87. The molecule has 0 spiro atoms. The molecule has 1 saturated heterocycles. The average molecular weight is 317 g/mol. The van der Waals surface area contributed by atoms with Crippen molar-refractivity contribution in [3.8, 4) is 0 Å². The van der Waals surface area contributed by atoms with Crippen LogP contribution >= 0.6 is 0 Å². The predicted octanol–water partition coefficient (Wildman–Crippen LogP) is 2.30. The highest BCUT2D eigenvalue weighted by atomic mass is 16.2. The molecular weight excluding hydrogens is 290 g/mol. The molecule has 1 aromatic rings. The highest BCUT2D eigenvalue weighted by Gasteiger charge is 2.20. The third kappa shape index (κ3) is 4.79. The van der Waals surface area contributed by atoms with Gasteiger partial charge in [-0.15, -0.1) is 0 Å². The van der Waals surface area contributed by atoms with E-state index in [9.17, 15) is 9.59 Å². The summed E-state index contributed by atoms with van der Waals surface area (Å²) in [4.78, 5) is 27.6. The van der Waals surface area contributed by atoms with E-state index in [1.165, 1.54) is 5.56 Å². The summed E-state index contributed by atoms with van der Waals surface area (Å²) in [5.74, 6) is 0.541. The van der Waals surface area contributed by atoms with Crippen LogP contribution in [0, 0.1) is 0 Å². The Morgan fingerprint density at radius 3 is 2.43 bits per heavy atom. The Balaban J connectivity index is 1.90. The van der Waals surface area contributed by atoms with Crippen LogP contribution in [0.5, 0.6) is 0 Å². The molecule has 2 amide bonds. The highest BCUT2D eigenvalue weighted by Crippen LogP contribution is 2.26. The molecule has 1 heterocycles. The topological polar surface area (TPSA) is 52.7 Å². The van der Waals surface area contributed by atoms with Crippen molar-refractivity contribution >= 4 is 17.5 Å². The summed E-state index contributed by atoms with van der Waals surface area (Å²) in [6.07, 6.45) is 1.04. The Labute approximate surface area is 138 Å². The van der Waals surface area contributed by atoms with E-state index in [-0.39, 0.29) is 11.8 Å².